The largest absolute Gasteiger partial charge is 0.316 e. The molecular formula is C41H72N6. The summed E-state index contributed by atoms with van der Waals surface area (Å²) >= 11 is 0. The van der Waals surface area contributed by atoms with Crippen LogP contribution in [0, 0.1) is 23.7 Å². The van der Waals surface area contributed by atoms with E-state index in [-0.39, 0.29) is 0 Å². The van der Waals surface area contributed by atoms with E-state index in [1.54, 1.807) is 0 Å². The molecule has 9 rings (SSSR count). The summed E-state index contributed by atoms with van der Waals surface area (Å²) in [6.45, 7) is 2.57. The number of piperidine rings is 1. The molecule has 0 amide bonds. The Morgan fingerprint density at radius 2 is 1.09 bits per heavy atom. The topological polar surface area (TPSA) is 45.8 Å². The average Bonchev–Trinajstić information content (AvgIpc) is 3.72. The summed E-state index contributed by atoms with van der Waals surface area (Å²) in [5, 5.41) is 6.61. The maximum Gasteiger partial charge on any atom is 0.0427 e. The van der Waals surface area contributed by atoms with E-state index in [1.165, 1.54) is 180 Å². The predicted molar refractivity (Wildman–Crippen MR) is 193 cm³/mol. The number of rotatable bonds is 6. The Balaban J connectivity index is 0.824. The Hall–Kier alpha value is -0.240. The molecule has 6 aliphatic carbocycles. The molecule has 6 saturated carbocycles. The lowest BCUT2D eigenvalue weighted by Gasteiger charge is -2.50. The van der Waals surface area contributed by atoms with E-state index in [0.717, 1.165) is 72.0 Å². The van der Waals surface area contributed by atoms with E-state index in [9.17, 15) is 0 Å². The van der Waals surface area contributed by atoms with Crippen LogP contribution in [0.3, 0.4) is 0 Å². The molecule has 0 aromatic heterocycles. The number of likely N-dealkylation sites (tertiary alicyclic amines) is 1. The molecule has 0 radical (unpaired) electrons. The molecule has 6 heteroatoms. The summed E-state index contributed by atoms with van der Waals surface area (Å²) in [6.07, 6.45) is 38.4. The number of hydrogen-bond acceptors (Lipinski definition) is 6. The molecule has 6 nitrogen and oxygen atoms in total. The van der Waals surface area contributed by atoms with E-state index in [4.69, 9.17) is 0 Å². The van der Waals surface area contributed by atoms with Crippen LogP contribution in [0.15, 0.2) is 0 Å². The number of hydrazine groups is 2. The van der Waals surface area contributed by atoms with E-state index in [2.05, 4.69) is 31.1 Å². The van der Waals surface area contributed by atoms with Gasteiger partial charge in [0, 0.05) is 54.4 Å². The fourth-order valence-electron chi connectivity index (χ4n) is 14.3. The third-order valence-corrected chi connectivity index (χ3v) is 16.5. The average molecular weight is 649 g/mol. The van der Waals surface area contributed by atoms with Gasteiger partial charge in [0.05, 0.1) is 0 Å². The number of nitrogens with one attached hydrogen (secondary N) is 3. The Labute approximate surface area is 288 Å². The first-order chi connectivity index (χ1) is 23.3. The molecule has 3 N–H and O–H groups in total. The van der Waals surface area contributed by atoms with Gasteiger partial charge in [0.1, 0.15) is 0 Å². The second-order valence-corrected chi connectivity index (χ2v) is 18.7. The minimum absolute atomic E-state index is 0.698. The van der Waals surface area contributed by atoms with Gasteiger partial charge in [0.15, 0.2) is 0 Å². The number of hydrogen-bond donors (Lipinski definition) is 3. The van der Waals surface area contributed by atoms with Crippen molar-refractivity contribution < 1.29 is 0 Å². The molecule has 9 fully saturated rings. The van der Waals surface area contributed by atoms with Gasteiger partial charge in [-0.3, -0.25) is 9.80 Å². The molecule has 0 aromatic rings. The highest BCUT2D eigenvalue weighted by molar-refractivity contribution is 5.09. The highest BCUT2D eigenvalue weighted by atomic mass is 15.7. The monoisotopic (exact) mass is 649 g/mol. The second kappa shape index (κ2) is 14.8. The minimum Gasteiger partial charge on any atom is -0.316 e. The molecule has 7 atom stereocenters. The maximum absolute atomic E-state index is 3.92. The standard InChI is InChI=1S/C41H72N6/c1-3-9-31(10-4-1)45(32-11-5-2-6-12-32)35-23-24-39-36(27-35)37-28-42-26-25-40(37)46(39)33-19-15-29(16-20-33)30-17-21-34(22-18-30)47-41-14-8-7-13-38(41)43-44-47/h29-44H,1-28H2. The minimum atomic E-state index is 0.698. The van der Waals surface area contributed by atoms with Gasteiger partial charge in [0.25, 0.3) is 0 Å². The van der Waals surface area contributed by atoms with Crippen LogP contribution in [0.5, 0.6) is 0 Å². The summed E-state index contributed by atoms with van der Waals surface area (Å²) in [5.74, 6) is 3.88. The van der Waals surface area contributed by atoms with Crippen LogP contribution in [0.2, 0.25) is 0 Å². The van der Waals surface area contributed by atoms with Crippen LogP contribution < -0.4 is 16.3 Å². The van der Waals surface area contributed by atoms with Gasteiger partial charge in [-0.15, -0.1) is 0 Å². The van der Waals surface area contributed by atoms with Crippen molar-refractivity contribution in [2.45, 2.75) is 221 Å². The zero-order chi connectivity index (χ0) is 31.2. The third kappa shape index (κ3) is 6.54. The molecule has 0 bridgehead atoms. The van der Waals surface area contributed by atoms with Gasteiger partial charge in [0.2, 0.25) is 0 Å². The van der Waals surface area contributed by atoms with Gasteiger partial charge >= 0.3 is 0 Å². The highest BCUT2D eigenvalue weighted by Gasteiger charge is 2.54. The normalized spacial score (nSPS) is 46.3. The van der Waals surface area contributed by atoms with E-state index in [0.29, 0.717) is 6.04 Å². The van der Waals surface area contributed by atoms with Crippen molar-refractivity contribution in [1.82, 2.24) is 31.1 Å². The molecule has 266 valence electrons. The zero-order valence-electron chi connectivity index (χ0n) is 30.1. The molecule has 9 aliphatic rings. The Bertz CT molecular complexity index is 976. The van der Waals surface area contributed by atoms with Crippen molar-refractivity contribution in [2.75, 3.05) is 13.1 Å². The molecular weight excluding hydrogens is 576 g/mol. The van der Waals surface area contributed by atoms with Crippen molar-refractivity contribution >= 4 is 0 Å². The first kappa shape index (κ1) is 32.7. The Kier molecular flexibility index (Phi) is 10.3. The van der Waals surface area contributed by atoms with Crippen LogP contribution in [0.25, 0.3) is 0 Å². The summed E-state index contributed by atoms with van der Waals surface area (Å²) in [7, 11) is 0. The molecule has 47 heavy (non-hydrogen) atoms. The van der Waals surface area contributed by atoms with Crippen molar-refractivity contribution in [3.05, 3.63) is 0 Å². The number of nitrogens with zero attached hydrogens (tertiary/aromatic N) is 3. The summed E-state index contributed by atoms with van der Waals surface area (Å²) in [6, 6.07) is 7.57. The van der Waals surface area contributed by atoms with E-state index >= 15 is 0 Å². The summed E-state index contributed by atoms with van der Waals surface area (Å²) in [4.78, 5) is 6.50. The SMILES string of the molecule is C1CCC(N(C2CCCCC2)C2CCC3C(C2)C2CNCCC2N3C2CCC(C3CCC(N4NNC5CCCCC54)CC3)CC2)CC1. The van der Waals surface area contributed by atoms with Crippen LogP contribution in [0.4, 0.5) is 0 Å². The van der Waals surface area contributed by atoms with Crippen LogP contribution >= 0.6 is 0 Å². The molecule has 7 unspecified atom stereocenters. The van der Waals surface area contributed by atoms with Crippen molar-refractivity contribution in [3.8, 4) is 0 Å². The lowest BCUT2D eigenvalue weighted by molar-refractivity contribution is -0.00880. The van der Waals surface area contributed by atoms with Crippen molar-refractivity contribution in [3.63, 3.8) is 0 Å². The molecule has 0 aromatic carbocycles. The predicted octanol–water partition coefficient (Wildman–Crippen LogP) is 7.54. The lowest BCUT2D eigenvalue weighted by atomic mass is 9.70. The smallest absolute Gasteiger partial charge is 0.0427 e. The summed E-state index contributed by atoms with van der Waals surface area (Å²) < 4.78 is 0. The number of fused-ring (bicyclic) bond motifs is 4. The summed E-state index contributed by atoms with van der Waals surface area (Å²) in [5.41, 5.74) is 7.31. The molecule has 3 aliphatic heterocycles. The van der Waals surface area contributed by atoms with Gasteiger partial charge in [-0.1, -0.05) is 51.4 Å². The highest BCUT2D eigenvalue weighted by Crippen LogP contribution is 2.51. The van der Waals surface area contributed by atoms with Crippen molar-refractivity contribution in [1.29, 1.82) is 0 Å². The molecule has 3 saturated heterocycles. The Morgan fingerprint density at radius 3 is 1.79 bits per heavy atom. The fourth-order valence-corrected chi connectivity index (χ4v) is 14.3. The zero-order valence-corrected chi connectivity index (χ0v) is 30.1. The van der Waals surface area contributed by atoms with Crippen LogP contribution in [-0.4, -0.2) is 82.3 Å². The first-order valence-electron chi connectivity index (χ1n) is 21.9. The Morgan fingerprint density at radius 1 is 0.468 bits per heavy atom. The maximum atomic E-state index is 3.92. The van der Waals surface area contributed by atoms with Crippen LogP contribution in [-0.2, 0) is 0 Å². The first-order valence-corrected chi connectivity index (χ1v) is 21.9. The second-order valence-electron chi connectivity index (χ2n) is 18.7. The van der Waals surface area contributed by atoms with E-state index < -0.39 is 0 Å². The third-order valence-electron chi connectivity index (χ3n) is 16.5. The van der Waals surface area contributed by atoms with Gasteiger partial charge in [-0.2, -0.15) is 5.53 Å². The van der Waals surface area contributed by atoms with Gasteiger partial charge in [-0.25, -0.2) is 10.4 Å². The van der Waals surface area contributed by atoms with Gasteiger partial charge in [-0.05, 0) is 152 Å². The van der Waals surface area contributed by atoms with Crippen LogP contribution in [0.1, 0.15) is 167 Å². The van der Waals surface area contributed by atoms with Crippen molar-refractivity contribution in [2.24, 2.45) is 23.7 Å². The molecule has 0 spiro atoms. The lowest BCUT2D eigenvalue weighted by Crippen LogP contribution is -2.55. The van der Waals surface area contributed by atoms with Gasteiger partial charge < -0.3 is 5.32 Å². The fraction of sp³-hybridized carbons (Fsp3) is 1.00. The quantitative estimate of drug-likeness (QED) is 0.277. The molecule has 3 heterocycles. The van der Waals surface area contributed by atoms with E-state index in [1.807, 2.05) is 0 Å².